The zero-order valence-corrected chi connectivity index (χ0v) is 19.3. The van der Waals surface area contributed by atoms with Gasteiger partial charge in [0.05, 0.1) is 24.0 Å². The molecular weight excluding hydrogens is 495 g/mol. The molecule has 11 nitrogen and oxygen atoms in total. The molecule has 4 rings (SSSR count). The van der Waals surface area contributed by atoms with E-state index in [1.165, 1.54) is 19.3 Å². The van der Waals surface area contributed by atoms with Gasteiger partial charge in [0.1, 0.15) is 17.8 Å². The van der Waals surface area contributed by atoms with Gasteiger partial charge in [-0.2, -0.15) is 15.0 Å². The van der Waals surface area contributed by atoms with E-state index in [1.807, 2.05) is 6.07 Å². The smallest absolute Gasteiger partial charge is 0.501 e. The molecule has 0 aliphatic heterocycles. The number of hydrogen-bond acceptors (Lipinski definition) is 8. The van der Waals surface area contributed by atoms with Crippen molar-refractivity contribution in [3.8, 4) is 11.8 Å². The molecule has 1 amide bonds. The molecule has 0 bridgehead atoms. The average molecular weight is 513 g/mol. The molecule has 3 aromatic heterocycles. The number of nitrogens with zero attached hydrogens (tertiary/aromatic N) is 6. The summed E-state index contributed by atoms with van der Waals surface area (Å²) in [5.74, 6) is -3.71. The number of carbonyl (C=O) groups is 1. The Hall–Kier alpha value is -4.93. The Labute approximate surface area is 206 Å². The molecule has 190 valence electrons. The lowest BCUT2D eigenvalue weighted by molar-refractivity contribution is -0.212. The van der Waals surface area contributed by atoms with Crippen molar-refractivity contribution in [1.29, 1.82) is 5.26 Å². The van der Waals surface area contributed by atoms with E-state index in [9.17, 15) is 33.1 Å². The van der Waals surface area contributed by atoms with E-state index in [0.29, 0.717) is 5.56 Å². The number of carbonyl (C=O) groups excluding carboxylic acids is 1. The highest BCUT2D eigenvalue weighted by molar-refractivity contribution is 6.04. The summed E-state index contributed by atoms with van der Waals surface area (Å²) >= 11 is 0. The topological polar surface area (TPSA) is 152 Å². The van der Waals surface area contributed by atoms with E-state index in [2.05, 4.69) is 25.1 Å². The summed E-state index contributed by atoms with van der Waals surface area (Å²) in [6, 6.07) is 8.32. The first-order valence-electron chi connectivity index (χ1n) is 10.6. The standard InChI is InChI=1S/C23H18F3N7O4/c1-12(20-31-18(19(34)22(36)32(20)2)21(35)30-15-9-29-37-11-15)17(16-6-4-3-5-13(16)7-27)14-8-28-33(10-14)23(24,25)26/h3-6,8-12,17,34H,1-2H3,(H,30,35)/t12-,17-/m1/s1. The zero-order valence-electron chi connectivity index (χ0n) is 19.3. The monoisotopic (exact) mass is 513 g/mol. The number of nitriles is 1. The summed E-state index contributed by atoms with van der Waals surface area (Å²) in [5, 5.41) is 29.2. The van der Waals surface area contributed by atoms with Crippen molar-refractivity contribution in [3.05, 3.63) is 87.7 Å². The predicted molar refractivity (Wildman–Crippen MR) is 121 cm³/mol. The molecule has 3 heterocycles. The summed E-state index contributed by atoms with van der Waals surface area (Å²) in [6.07, 6.45) is -0.675. The minimum atomic E-state index is -4.78. The van der Waals surface area contributed by atoms with E-state index in [0.717, 1.165) is 23.2 Å². The lowest BCUT2D eigenvalue weighted by Gasteiger charge is -2.26. The molecule has 0 unspecified atom stereocenters. The second-order valence-corrected chi connectivity index (χ2v) is 8.05. The Morgan fingerprint density at radius 2 is 2.00 bits per heavy atom. The van der Waals surface area contributed by atoms with Gasteiger partial charge in [-0.3, -0.25) is 14.2 Å². The average Bonchev–Trinajstić information content (AvgIpc) is 3.55. The van der Waals surface area contributed by atoms with Gasteiger partial charge in [0.15, 0.2) is 5.69 Å². The van der Waals surface area contributed by atoms with Gasteiger partial charge < -0.3 is 14.9 Å². The van der Waals surface area contributed by atoms with E-state index >= 15 is 0 Å². The van der Waals surface area contributed by atoms with Crippen LogP contribution in [0.3, 0.4) is 0 Å². The number of amides is 1. The van der Waals surface area contributed by atoms with Crippen LogP contribution in [0.1, 0.15) is 51.8 Å². The fourth-order valence-electron chi connectivity index (χ4n) is 4.02. The van der Waals surface area contributed by atoms with Crippen molar-refractivity contribution < 1.29 is 27.6 Å². The third kappa shape index (κ3) is 4.79. The van der Waals surface area contributed by atoms with Crippen molar-refractivity contribution >= 4 is 11.6 Å². The first-order valence-corrected chi connectivity index (χ1v) is 10.6. The first kappa shape index (κ1) is 25.2. The van der Waals surface area contributed by atoms with Crippen LogP contribution in [-0.2, 0) is 13.3 Å². The quantitative estimate of drug-likeness (QED) is 0.399. The molecule has 37 heavy (non-hydrogen) atoms. The van der Waals surface area contributed by atoms with Crippen molar-refractivity contribution in [2.24, 2.45) is 7.05 Å². The predicted octanol–water partition coefficient (Wildman–Crippen LogP) is 3.21. The van der Waals surface area contributed by atoms with Crippen LogP contribution < -0.4 is 10.9 Å². The minimum Gasteiger partial charge on any atom is -0.501 e. The van der Waals surface area contributed by atoms with Crippen LogP contribution in [0.25, 0.3) is 0 Å². The maximum atomic E-state index is 13.3. The van der Waals surface area contributed by atoms with E-state index in [1.54, 1.807) is 25.1 Å². The highest BCUT2D eigenvalue weighted by atomic mass is 19.4. The van der Waals surface area contributed by atoms with Crippen LogP contribution in [-0.4, -0.2) is 35.5 Å². The fourth-order valence-corrected chi connectivity index (χ4v) is 4.02. The molecule has 0 saturated carbocycles. The molecule has 0 spiro atoms. The molecule has 0 aliphatic carbocycles. The van der Waals surface area contributed by atoms with Gasteiger partial charge in [-0.25, -0.2) is 4.98 Å². The molecule has 14 heteroatoms. The van der Waals surface area contributed by atoms with Gasteiger partial charge in [0, 0.05) is 25.1 Å². The summed E-state index contributed by atoms with van der Waals surface area (Å²) in [6.45, 7) is 1.57. The fraction of sp³-hybridized carbons (Fsp3) is 0.217. The number of halogens is 3. The van der Waals surface area contributed by atoms with Crippen LogP contribution in [0.2, 0.25) is 0 Å². The Morgan fingerprint density at radius 1 is 1.27 bits per heavy atom. The molecule has 4 aromatic rings. The highest BCUT2D eigenvalue weighted by Crippen LogP contribution is 2.39. The largest absolute Gasteiger partial charge is 0.504 e. The van der Waals surface area contributed by atoms with Gasteiger partial charge in [-0.1, -0.05) is 30.3 Å². The summed E-state index contributed by atoms with van der Waals surface area (Å²) in [7, 11) is 1.30. The third-order valence-corrected chi connectivity index (χ3v) is 5.75. The lowest BCUT2D eigenvalue weighted by Crippen LogP contribution is -2.29. The number of nitrogens with one attached hydrogen (secondary N) is 1. The molecular formula is C23H18F3N7O4. The highest BCUT2D eigenvalue weighted by Gasteiger charge is 2.35. The maximum absolute atomic E-state index is 13.3. The van der Waals surface area contributed by atoms with Gasteiger partial charge in [0.25, 0.3) is 11.5 Å². The van der Waals surface area contributed by atoms with Crippen molar-refractivity contribution in [2.75, 3.05) is 5.32 Å². The Balaban J connectivity index is 1.87. The lowest BCUT2D eigenvalue weighted by atomic mass is 9.80. The molecule has 2 atom stereocenters. The zero-order chi connectivity index (χ0) is 26.9. The van der Waals surface area contributed by atoms with E-state index < -0.39 is 41.0 Å². The Bertz CT molecular complexity index is 1550. The van der Waals surface area contributed by atoms with Crippen LogP contribution in [0, 0.1) is 11.3 Å². The number of alkyl halides is 3. The minimum absolute atomic E-state index is 0.0317. The number of aromatic hydroxyl groups is 1. The Morgan fingerprint density at radius 3 is 2.62 bits per heavy atom. The molecule has 1 aromatic carbocycles. The van der Waals surface area contributed by atoms with Gasteiger partial charge in [0.2, 0.25) is 5.75 Å². The first-order chi connectivity index (χ1) is 17.5. The van der Waals surface area contributed by atoms with Crippen LogP contribution in [0.5, 0.6) is 5.75 Å². The van der Waals surface area contributed by atoms with Crippen molar-refractivity contribution in [2.45, 2.75) is 25.1 Å². The summed E-state index contributed by atoms with van der Waals surface area (Å²) < 4.78 is 45.4. The second kappa shape index (κ2) is 9.61. The summed E-state index contributed by atoms with van der Waals surface area (Å²) in [5.41, 5.74) is -0.785. The summed E-state index contributed by atoms with van der Waals surface area (Å²) in [4.78, 5) is 29.8. The van der Waals surface area contributed by atoms with Gasteiger partial charge in [-0.05, 0) is 17.2 Å². The van der Waals surface area contributed by atoms with Crippen molar-refractivity contribution in [1.82, 2.24) is 24.5 Å². The van der Waals surface area contributed by atoms with E-state index in [4.69, 9.17) is 0 Å². The maximum Gasteiger partial charge on any atom is 0.504 e. The number of anilines is 1. The molecule has 0 radical (unpaired) electrons. The van der Waals surface area contributed by atoms with Crippen molar-refractivity contribution in [3.63, 3.8) is 0 Å². The SMILES string of the molecule is C[C@@H](c1nc(C(=O)Nc2cnoc2)c(O)c(=O)n1C)[C@H](c1cnn(C(F)(F)F)c1)c1ccccc1C#N. The van der Waals surface area contributed by atoms with Crippen LogP contribution in [0.15, 0.2) is 58.4 Å². The van der Waals surface area contributed by atoms with Crippen LogP contribution in [0.4, 0.5) is 18.9 Å². The Kier molecular flexibility index (Phi) is 6.54. The molecule has 2 N–H and O–H groups in total. The second-order valence-electron chi connectivity index (χ2n) is 8.05. The van der Waals surface area contributed by atoms with Crippen LogP contribution >= 0.6 is 0 Å². The number of aromatic nitrogens is 5. The molecule has 0 aliphatic rings. The van der Waals surface area contributed by atoms with Gasteiger partial charge in [-0.15, -0.1) is 13.2 Å². The third-order valence-electron chi connectivity index (χ3n) is 5.75. The normalized spacial score (nSPS) is 13.1. The number of benzene rings is 1. The molecule has 0 saturated heterocycles. The number of hydrogen-bond donors (Lipinski definition) is 2. The molecule has 0 fully saturated rings. The number of rotatable bonds is 6. The van der Waals surface area contributed by atoms with Gasteiger partial charge >= 0.3 is 6.30 Å². The van der Waals surface area contributed by atoms with E-state index in [-0.39, 0.29) is 27.3 Å².